The van der Waals surface area contributed by atoms with Crippen LogP contribution in [0.2, 0.25) is 0 Å². The van der Waals surface area contributed by atoms with E-state index in [2.05, 4.69) is 15.9 Å². The molecule has 0 spiro atoms. The van der Waals surface area contributed by atoms with Crippen LogP contribution in [-0.4, -0.2) is 29.3 Å². The molecule has 1 atom stereocenters. The van der Waals surface area contributed by atoms with E-state index < -0.39 is 23.1 Å². The summed E-state index contributed by atoms with van der Waals surface area (Å²) in [6.45, 7) is 0.812. The molecule has 98 valence electrons. The fraction of sp³-hybridized carbons (Fsp3) is 0.417. The van der Waals surface area contributed by atoms with Crippen LogP contribution in [0.25, 0.3) is 0 Å². The van der Waals surface area contributed by atoms with Crippen LogP contribution in [0.5, 0.6) is 0 Å². The molecule has 1 amide bonds. The highest BCUT2D eigenvalue weighted by Gasteiger charge is 2.27. The third-order valence-electron chi connectivity index (χ3n) is 2.87. The van der Waals surface area contributed by atoms with Crippen LogP contribution < -0.4 is 0 Å². The third kappa shape index (κ3) is 2.83. The van der Waals surface area contributed by atoms with E-state index in [1.54, 1.807) is 0 Å². The molecule has 1 fully saturated rings. The summed E-state index contributed by atoms with van der Waals surface area (Å²) in [7, 11) is 0. The number of carbonyl (C=O) groups excluding carboxylic acids is 1. The van der Waals surface area contributed by atoms with Gasteiger partial charge in [0.1, 0.15) is 17.2 Å². The zero-order chi connectivity index (χ0) is 13.3. The highest BCUT2D eigenvalue weighted by Crippen LogP contribution is 2.23. The first kappa shape index (κ1) is 13.7. The SMILES string of the molecule is O=C(c1c(F)cc(Br)cc1F)N1CCCC(Cl)C1. The Balaban J connectivity index is 2.28. The molecule has 1 aliphatic rings. The smallest absolute Gasteiger partial charge is 0.259 e. The van der Waals surface area contributed by atoms with Gasteiger partial charge in [-0.05, 0) is 25.0 Å². The number of rotatable bonds is 1. The number of carbonyl (C=O) groups is 1. The van der Waals surface area contributed by atoms with E-state index in [1.165, 1.54) is 4.90 Å². The van der Waals surface area contributed by atoms with E-state index in [0.717, 1.165) is 25.0 Å². The lowest BCUT2D eigenvalue weighted by atomic mass is 10.1. The van der Waals surface area contributed by atoms with E-state index in [4.69, 9.17) is 11.6 Å². The molecule has 1 saturated heterocycles. The number of amides is 1. The van der Waals surface area contributed by atoms with Gasteiger partial charge in [0.15, 0.2) is 0 Å². The van der Waals surface area contributed by atoms with Crippen molar-refractivity contribution in [2.24, 2.45) is 0 Å². The van der Waals surface area contributed by atoms with Crippen LogP contribution in [0.15, 0.2) is 16.6 Å². The Bertz CT molecular complexity index is 460. The molecule has 1 unspecified atom stereocenters. The zero-order valence-electron chi connectivity index (χ0n) is 9.43. The summed E-state index contributed by atoms with van der Waals surface area (Å²) < 4.78 is 27.6. The molecule has 0 bridgehead atoms. The number of hydrogen-bond donors (Lipinski definition) is 0. The van der Waals surface area contributed by atoms with Crippen molar-refractivity contribution in [3.8, 4) is 0 Å². The molecule has 0 aromatic heterocycles. The highest BCUT2D eigenvalue weighted by atomic mass is 79.9. The van der Waals surface area contributed by atoms with Gasteiger partial charge >= 0.3 is 0 Å². The fourth-order valence-electron chi connectivity index (χ4n) is 2.01. The maximum Gasteiger partial charge on any atom is 0.259 e. The van der Waals surface area contributed by atoms with E-state index >= 15 is 0 Å². The maximum atomic E-state index is 13.7. The fourth-order valence-corrected chi connectivity index (χ4v) is 2.74. The van der Waals surface area contributed by atoms with Gasteiger partial charge in [0, 0.05) is 17.6 Å². The molecule has 6 heteroatoms. The molecule has 1 aliphatic heterocycles. The highest BCUT2D eigenvalue weighted by molar-refractivity contribution is 9.10. The van der Waals surface area contributed by atoms with E-state index in [0.29, 0.717) is 13.1 Å². The summed E-state index contributed by atoms with van der Waals surface area (Å²) in [5.41, 5.74) is -0.510. The first-order valence-electron chi connectivity index (χ1n) is 5.57. The number of piperidine rings is 1. The molecule has 0 radical (unpaired) electrons. The molecule has 0 saturated carbocycles. The zero-order valence-corrected chi connectivity index (χ0v) is 11.8. The summed E-state index contributed by atoms with van der Waals surface area (Å²) in [6, 6.07) is 2.16. The summed E-state index contributed by atoms with van der Waals surface area (Å²) in [5.74, 6) is -2.35. The average Bonchev–Trinajstić information content (AvgIpc) is 2.27. The van der Waals surface area contributed by atoms with Crippen molar-refractivity contribution >= 4 is 33.4 Å². The molecule has 2 nitrogen and oxygen atoms in total. The molecular weight excluding hydrogens is 327 g/mol. The molecule has 18 heavy (non-hydrogen) atoms. The number of nitrogens with zero attached hydrogens (tertiary/aromatic N) is 1. The minimum Gasteiger partial charge on any atom is -0.337 e. The van der Waals surface area contributed by atoms with Gasteiger partial charge in [-0.1, -0.05) is 15.9 Å². The van der Waals surface area contributed by atoms with Crippen LogP contribution in [-0.2, 0) is 0 Å². The summed E-state index contributed by atoms with van der Waals surface area (Å²) in [5, 5.41) is -0.149. The molecule has 1 aromatic rings. The lowest BCUT2D eigenvalue weighted by Crippen LogP contribution is -2.41. The Morgan fingerprint density at radius 1 is 1.39 bits per heavy atom. The van der Waals surface area contributed by atoms with E-state index in [9.17, 15) is 13.6 Å². The van der Waals surface area contributed by atoms with Crippen molar-refractivity contribution in [2.75, 3.05) is 13.1 Å². The Hall–Kier alpha value is -0.680. The van der Waals surface area contributed by atoms with E-state index in [1.807, 2.05) is 0 Å². The largest absolute Gasteiger partial charge is 0.337 e. The van der Waals surface area contributed by atoms with Gasteiger partial charge in [-0.3, -0.25) is 4.79 Å². The Kier molecular flexibility index (Phi) is 4.22. The Morgan fingerprint density at radius 2 is 2.00 bits per heavy atom. The molecule has 1 aromatic carbocycles. The van der Waals surface area contributed by atoms with E-state index in [-0.39, 0.29) is 9.85 Å². The van der Waals surface area contributed by atoms with Crippen molar-refractivity contribution in [1.82, 2.24) is 4.90 Å². The number of alkyl halides is 1. The van der Waals surface area contributed by atoms with Crippen molar-refractivity contribution in [2.45, 2.75) is 18.2 Å². The van der Waals surface area contributed by atoms with Crippen LogP contribution >= 0.6 is 27.5 Å². The first-order valence-corrected chi connectivity index (χ1v) is 6.80. The predicted octanol–water partition coefficient (Wildman–Crippen LogP) is 3.57. The van der Waals surface area contributed by atoms with Gasteiger partial charge in [-0.15, -0.1) is 11.6 Å². The van der Waals surface area contributed by atoms with Gasteiger partial charge in [0.05, 0.1) is 5.38 Å². The lowest BCUT2D eigenvalue weighted by Gasteiger charge is -2.30. The number of likely N-dealkylation sites (tertiary alicyclic amines) is 1. The van der Waals surface area contributed by atoms with Crippen molar-refractivity contribution in [1.29, 1.82) is 0 Å². The van der Waals surface area contributed by atoms with Crippen molar-refractivity contribution in [3.63, 3.8) is 0 Å². The summed E-state index contributed by atoms with van der Waals surface area (Å²) in [4.78, 5) is 13.5. The lowest BCUT2D eigenvalue weighted by molar-refractivity contribution is 0.0717. The number of halogens is 4. The summed E-state index contributed by atoms with van der Waals surface area (Å²) in [6.07, 6.45) is 1.57. The second-order valence-corrected chi connectivity index (χ2v) is 5.77. The molecular formula is C12H11BrClF2NO. The van der Waals surface area contributed by atoms with Crippen molar-refractivity contribution < 1.29 is 13.6 Å². The van der Waals surface area contributed by atoms with Gasteiger partial charge in [0.25, 0.3) is 5.91 Å². The minimum absolute atomic E-state index is 0.149. The first-order chi connectivity index (χ1) is 8.49. The van der Waals surface area contributed by atoms with Gasteiger partial charge < -0.3 is 4.90 Å². The molecule has 0 aliphatic carbocycles. The Labute approximate surface area is 117 Å². The number of benzene rings is 1. The third-order valence-corrected chi connectivity index (χ3v) is 3.69. The average molecular weight is 339 g/mol. The second kappa shape index (κ2) is 5.53. The Morgan fingerprint density at radius 3 is 2.56 bits per heavy atom. The van der Waals surface area contributed by atoms with Crippen LogP contribution in [0.1, 0.15) is 23.2 Å². The predicted molar refractivity (Wildman–Crippen MR) is 68.8 cm³/mol. The molecule has 2 rings (SSSR count). The van der Waals surface area contributed by atoms with Gasteiger partial charge in [-0.2, -0.15) is 0 Å². The normalized spacial score (nSPS) is 20.0. The monoisotopic (exact) mass is 337 g/mol. The molecule has 1 heterocycles. The van der Waals surface area contributed by atoms with Crippen LogP contribution in [0, 0.1) is 11.6 Å². The summed E-state index contributed by atoms with van der Waals surface area (Å²) >= 11 is 8.93. The maximum absolute atomic E-state index is 13.7. The quantitative estimate of drug-likeness (QED) is 0.717. The second-order valence-electron chi connectivity index (χ2n) is 4.24. The topological polar surface area (TPSA) is 20.3 Å². The standard InChI is InChI=1S/C12H11BrClF2NO/c13-7-4-9(15)11(10(16)5-7)12(18)17-3-1-2-8(14)6-17/h4-5,8H,1-3,6H2. The van der Waals surface area contributed by atoms with Crippen LogP contribution in [0.3, 0.4) is 0 Å². The minimum atomic E-state index is -0.858. The van der Waals surface area contributed by atoms with Gasteiger partial charge in [0.2, 0.25) is 0 Å². The van der Waals surface area contributed by atoms with Crippen LogP contribution in [0.4, 0.5) is 8.78 Å². The van der Waals surface area contributed by atoms with Crippen molar-refractivity contribution in [3.05, 3.63) is 33.8 Å². The number of hydrogen-bond acceptors (Lipinski definition) is 1. The molecule has 0 N–H and O–H groups in total. The van der Waals surface area contributed by atoms with Gasteiger partial charge in [-0.25, -0.2) is 8.78 Å².